The van der Waals surface area contributed by atoms with Gasteiger partial charge in [-0.2, -0.15) is 13.2 Å². The van der Waals surface area contributed by atoms with Crippen LogP contribution in [0.15, 0.2) is 36.5 Å². The lowest BCUT2D eigenvalue weighted by atomic mass is 9.96. The first-order chi connectivity index (χ1) is 16.3. The van der Waals surface area contributed by atoms with Gasteiger partial charge in [0.15, 0.2) is 0 Å². The maximum atomic E-state index is 12.9. The Kier molecular flexibility index (Phi) is 12.6. The van der Waals surface area contributed by atoms with Gasteiger partial charge in [0.05, 0.1) is 13.0 Å². The van der Waals surface area contributed by atoms with Crippen molar-refractivity contribution in [2.45, 2.75) is 77.6 Å². The molecule has 0 fully saturated rings. The summed E-state index contributed by atoms with van der Waals surface area (Å²) < 4.78 is 61.9. The predicted molar refractivity (Wildman–Crippen MR) is 128 cm³/mol. The quantitative estimate of drug-likeness (QED) is 0.375. The van der Waals surface area contributed by atoms with E-state index in [-0.39, 0.29) is 30.3 Å². The molecule has 4 N–H and O–H groups in total. The second-order valence-corrected chi connectivity index (χ2v) is 8.76. The van der Waals surface area contributed by atoms with E-state index < -0.39 is 24.4 Å². The van der Waals surface area contributed by atoms with E-state index in [1.54, 1.807) is 19.2 Å². The van der Waals surface area contributed by atoms with E-state index in [9.17, 15) is 26.7 Å². The van der Waals surface area contributed by atoms with Gasteiger partial charge >= 0.3 is 6.18 Å². The van der Waals surface area contributed by atoms with Gasteiger partial charge in [0.25, 0.3) is 0 Å². The van der Waals surface area contributed by atoms with Gasteiger partial charge in [0, 0.05) is 24.3 Å². The minimum atomic E-state index is -4.17. The Labute approximate surface area is 203 Å². The van der Waals surface area contributed by atoms with Gasteiger partial charge in [0.1, 0.15) is 17.5 Å². The summed E-state index contributed by atoms with van der Waals surface area (Å²) in [7, 11) is 0. The number of hydrogen-bond donors (Lipinski definition) is 3. The summed E-state index contributed by atoms with van der Waals surface area (Å²) in [6.07, 6.45) is -0.0135. The van der Waals surface area contributed by atoms with Crippen molar-refractivity contribution in [2.75, 3.05) is 12.3 Å². The van der Waals surface area contributed by atoms with Crippen LogP contribution in [-0.4, -0.2) is 35.7 Å². The Morgan fingerprint density at radius 2 is 1.69 bits per heavy atom. The molecule has 1 heterocycles. The van der Waals surface area contributed by atoms with Crippen molar-refractivity contribution in [3.8, 4) is 0 Å². The average Bonchev–Trinajstić information content (AvgIpc) is 2.72. The van der Waals surface area contributed by atoms with Crippen LogP contribution in [0.1, 0.15) is 64.0 Å². The lowest BCUT2D eigenvalue weighted by Gasteiger charge is -2.19. The number of carbonyl (C=O) groups excluding carboxylic acids is 1. The van der Waals surface area contributed by atoms with Crippen LogP contribution in [0.3, 0.4) is 0 Å². The van der Waals surface area contributed by atoms with Crippen LogP contribution in [0.4, 0.5) is 27.8 Å². The average molecular weight is 503 g/mol. The largest absolute Gasteiger partial charge is 0.401 e. The van der Waals surface area contributed by atoms with Gasteiger partial charge in [-0.25, -0.2) is 13.8 Å². The predicted octanol–water partition coefficient (Wildman–Crippen LogP) is 5.51. The molecule has 3 atom stereocenters. The van der Waals surface area contributed by atoms with E-state index in [4.69, 9.17) is 5.73 Å². The van der Waals surface area contributed by atoms with Crippen molar-refractivity contribution in [3.05, 3.63) is 59.3 Å². The van der Waals surface area contributed by atoms with E-state index in [1.807, 2.05) is 26.8 Å². The highest BCUT2D eigenvalue weighted by atomic mass is 19.4. The summed E-state index contributed by atoms with van der Waals surface area (Å²) >= 11 is 0. The Morgan fingerprint density at radius 1 is 1.06 bits per heavy atom. The van der Waals surface area contributed by atoms with Crippen molar-refractivity contribution in [1.82, 2.24) is 15.6 Å². The van der Waals surface area contributed by atoms with Crippen LogP contribution in [0, 0.1) is 11.6 Å². The molecule has 1 amide bonds. The van der Waals surface area contributed by atoms with Crippen LogP contribution in [0.25, 0.3) is 0 Å². The van der Waals surface area contributed by atoms with E-state index in [0.29, 0.717) is 17.8 Å². The third-order valence-corrected chi connectivity index (χ3v) is 5.15. The fourth-order valence-corrected chi connectivity index (χ4v) is 3.48. The number of benzene rings is 1. The first kappa shape index (κ1) is 30.3. The van der Waals surface area contributed by atoms with Gasteiger partial charge in [-0.05, 0) is 61.9 Å². The molecule has 2 rings (SSSR count). The number of amides is 1. The zero-order valence-electron chi connectivity index (χ0n) is 20.6. The van der Waals surface area contributed by atoms with Crippen LogP contribution < -0.4 is 16.4 Å². The number of halogens is 5. The normalized spacial score (nSPS) is 13.9. The van der Waals surface area contributed by atoms with Crippen molar-refractivity contribution >= 4 is 11.7 Å². The number of nitrogens with zero attached hydrogens (tertiary/aromatic N) is 1. The zero-order valence-corrected chi connectivity index (χ0v) is 20.6. The minimum absolute atomic E-state index is 0.00271. The number of rotatable bonds is 10. The molecule has 10 heteroatoms. The van der Waals surface area contributed by atoms with Crippen molar-refractivity contribution < 1.29 is 26.7 Å². The number of nitrogen functional groups attached to an aromatic ring is 1. The number of aromatic nitrogens is 1. The molecule has 1 aromatic carbocycles. The highest BCUT2D eigenvalue weighted by molar-refractivity contribution is 5.78. The van der Waals surface area contributed by atoms with E-state index in [1.165, 1.54) is 12.1 Å². The third kappa shape index (κ3) is 13.7. The molecule has 0 saturated heterocycles. The van der Waals surface area contributed by atoms with E-state index in [0.717, 1.165) is 24.5 Å². The molecule has 0 spiro atoms. The summed E-state index contributed by atoms with van der Waals surface area (Å²) in [4.78, 5) is 15.5. The van der Waals surface area contributed by atoms with Crippen LogP contribution in [0.5, 0.6) is 0 Å². The lowest BCUT2D eigenvalue weighted by molar-refractivity contribution is -0.126. The van der Waals surface area contributed by atoms with Gasteiger partial charge in [-0.15, -0.1) is 0 Å². The second-order valence-electron chi connectivity index (χ2n) is 8.76. The topological polar surface area (TPSA) is 80.0 Å². The first-order valence-electron chi connectivity index (χ1n) is 11.5. The number of pyridine rings is 1. The van der Waals surface area contributed by atoms with Gasteiger partial charge in [-0.3, -0.25) is 4.79 Å². The molecule has 35 heavy (non-hydrogen) atoms. The summed E-state index contributed by atoms with van der Waals surface area (Å²) in [6, 6.07) is 6.56. The van der Waals surface area contributed by atoms with Crippen LogP contribution >= 0.6 is 0 Å². The number of hydrogen-bond acceptors (Lipinski definition) is 4. The smallest absolute Gasteiger partial charge is 0.384 e. The minimum Gasteiger partial charge on any atom is -0.384 e. The van der Waals surface area contributed by atoms with E-state index in [2.05, 4.69) is 15.6 Å². The Bertz CT molecular complexity index is 885. The summed E-state index contributed by atoms with van der Waals surface area (Å²) in [6.45, 7) is 6.69. The summed E-state index contributed by atoms with van der Waals surface area (Å²) in [5.74, 6) is -0.956. The highest BCUT2D eigenvalue weighted by Crippen LogP contribution is 2.21. The SMILES string of the molecule is CC(CC(C)c1ccc(N)nc1)NCC(F)(F)F.CCCC(C)NC(=O)Cc1cc(F)cc(F)c1. The van der Waals surface area contributed by atoms with E-state index >= 15 is 0 Å². The lowest BCUT2D eigenvalue weighted by Crippen LogP contribution is -2.36. The monoisotopic (exact) mass is 502 g/mol. The molecule has 0 aliphatic heterocycles. The maximum Gasteiger partial charge on any atom is 0.401 e. The number of anilines is 1. The molecular formula is C25H35F5N4O. The number of nitrogens with two attached hydrogens (primary N) is 1. The fraction of sp³-hybridized carbons (Fsp3) is 0.520. The third-order valence-electron chi connectivity index (χ3n) is 5.15. The van der Waals surface area contributed by atoms with Crippen molar-refractivity contribution in [1.29, 1.82) is 0 Å². The number of carbonyl (C=O) groups is 1. The second kappa shape index (κ2) is 14.6. The molecule has 5 nitrogen and oxygen atoms in total. The molecule has 2 aromatic rings. The van der Waals surface area contributed by atoms with Crippen molar-refractivity contribution in [3.63, 3.8) is 0 Å². The Hall–Kier alpha value is -2.75. The fourth-order valence-electron chi connectivity index (χ4n) is 3.48. The van der Waals surface area contributed by atoms with Crippen LogP contribution in [-0.2, 0) is 11.2 Å². The maximum absolute atomic E-state index is 12.9. The number of nitrogens with one attached hydrogen (secondary N) is 2. The summed E-state index contributed by atoms with van der Waals surface area (Å²) in [5.41, 5.74) is 6.80. The van der Waals surface area contributed by atoms with Gasteiger partial charge in [0.2, 0.25) is 5.91 Å². The van der Waals surface area contributed by atoms with Gasteiger partial charge < -0.3 is 16.4 Å². The molecule has 1 aromatic heterocycles. The molecule has 0 aliphatic rings. The molecule has 196 valence electrons. The summed E-state index contributed by atoms with van der Waals surface area (Å²) in [5, 5.41) is 5.25. The van der Waals surface area contributed by atoms with Crippen LogP contribution in [0.2, 0.25) is 0 Å². The molecule has 0 radical (unpaired) electrons. The van der Waals surface area contributed by atoms with Gasteiger partial charge in [-0.1, -0.05) is 26.3 Å². The molecule has 0 aliphatic carbocycles. The molecule has 3 unspecified atom stereocenters. The Morgan fingerprint density at radius 3 is 2.20 bits per heavy atom. The first-order valence-corrected chi connectivity index (χ1v) is 11.5. The standard InChI is InChI=1S/C13H17F2NO.C12H18F3N3/c1-3-4-9(2)16-13(17)7-10-5-11(14)8-12(15)6-10;1-8(10-3-4-11(16)17-6-10)5-9(2)18-7-12(13,14)15/h5-6,8-9H,3-4,7H2,1-2H3,(H,16,17);3-4,6,8-9,18H,5,7H2,1-2H3,(H2,16,17). The zero-order chi connectivity index (χ0) is 26.6. The number of alkyl halides is 3. The van der Waals surface area contributed by atoms with Crippen molar-refractivity contribution in [2.24, 2.45) is 0 Å². The highest BCUT2D eigenvalue weighted by Gasteiger charge is 2.27. The molecular weight excluding hydrogens is 467 g/mol. The molecule has 0 bridgehead atoms. The molecule has 0 saturated carbocycles. The Balaban J connectivity index is 0.000000351.